The summed E-state index contributed by atoms with van der Waals surface area (Å²) in [5, 5.41) is 8.44. The number of nitrogens with two attached hydrogens (primary N) is 1. The van der Waals surface area contributed by atoms with Gasteiger partial charge in [0.1, 0.15) is 0 Å². The highest BCUT2D eigenvalue weighted by molar-refractivity contribution is 9.10. The van der Waals surface area contributed by atoms with Gasteiger partial charge in [-0.15, -0.1) is 0 Å². The summed E-state index contributed by atoms with van der Waals surface area (Å²) >= 11 is 3.49. The van der Waals surface area contributed by atoms with Gasteiger partial charge in [0.15, 0.2) is 0 Å². The number of aromatic nitrogens is 2. The highest BCUT2D eigenvalue weighted by Gasteiger charge is 2.07. The number of nitrogens with zero attached hydrogens (tertiary/aromatic N) is 1. The summed E-state index contributed by atoms with van der Waals surface area (Å²) in [6.45, 7) is 2.67. The Balaban J connectivity index is 2.68. The van der Waals surface area contributed by atoms with E-state index >= 15 is 0 Å². The molecule has 2 rings (SSSR count). The number of aromatic amines is 1. The molecule has 0 unspecified atom stereocenters. The van der Waals surface area contributed by atoms with Gasteiger partial charge in [-0.3, -0.25) is 5.10 Å². The molecule has 1 heterocycles. The van der Waals surface area contributed by atoms with Crippen LogP contribution >= 0.6 is 15.9 Å². The topological polar surface area (TPSA) is 54.7 Å². The standard InChI is InChI=1S/C10H12BrN3/c1-6-9-5-8(11)4-7(2-3-12)10(9)14-13-6/h4-5H,2-3,12H2,1H3,(H,13,14). The van der Waals surface area contributed by atoms with Gasteiger partial charge < -0.3 is 5.73 Å². The minimum Gasteiger partial charge on any atom is -0.330 e. The second-order valence-corrected chi connectivity index (χ2v) is 4.26. The molecule has 1 aromatic carbocycles. The van der Waals surface area contributed by atoms with Crippen molar-refractivity contribution in [2.45, 2.75) is 13.3 Å². The zero-order valence-corrected chi connectivity index (χ0v) is 9.56. The summed E-state index contributed by atoms with van der Waals surface area (Å²) < 4.78 is 1.08. The van der Waals surface area contributed by atoms with Crippen LogP contribution in [0.3, 0.4) is 0 Å². The van der Waals surface area contributed by atoms with Gasteiger partial charge in [0.2, 0.25) is 0 Å². The first-order chi connectivity index (χ1) is 6.72. The number of nitrogens with one attached hydrogen (secondary N) is 1. The van der Waals surface area contributed by atoms with E-state index < -0.39 is 0 Å². The van der Waals surface area contributed by atoms with Crippen LogP contribution in [-0.4, -0.2) is 16.7 Å². The number of aryl methyl sites for hydroxylation is 1. The minimum atomic E-state index is 0.650. The number of fused-ring (bicyclic) bond motifs is 1. The first-order valence-electron chi connectivity index (χ1n) is 4.55. The molecule has 0 saturated carbocycles. The summed E-state index contributed by atoms with van der Waals surface area (Å²) in [6, 6.07) is 4.16. The Hall–Kier alpha value is -0.870. The van der Waals surface area contributed by atoms with Gasteiger partial charge in [0.05, 0.1) is 5.52 Å². The molecule has 0 bridgehead atoms. The number of halogens is 1. The molecule has 3 N–H and O–H groups in total. The normalized spacial score (nSPS) is 11.1. The Kier molecular flexibility index (Phi) is 2.56. The highest BCUT2D eigenvalue weighted by Crippen LogP contribution is 2.24. The van der Waals surface area contributed by atoms with Crippen LogP contribution in [0.2, 0.25) is 0 Å². The summed E-state index contributed by atoms with van der Waals surface area (Å²) in [4.78, 5) is 0. The van der Waals surface area contributed by atoms with E-state index in [0.29, 0.717) is 6.54 Å². The summed E-state index contributed by atoms with van der Waals surface area (Å²) in [6.07, 6.45) is 0.861. The average molecular weight is 254 g/mol. The maximum Gasteiger partial charge on any atom is 0.0956 e. The summed E-state index contributed by atoms with van der Waals surface area (Å²) in [7, 11) is 0. The van der Waals surface area contributed by atoms with Gasteiger partial charge in [0, 0.05) is 15.6 Å². The van der Waals surface area contributed by atoms with Gasteiger partial charge in [-0.05, 0) is 37.6 Å². The fraction of sp³-hybridized carbons (Fsp3) is 0.300. The average Bonchev–Trinajstić information content (AvgIpc) is 2.49. The van der Waals surface area contributed by atoms with E-state index in [1.54, 1.807) is 0 Å². The second-order valence-electron chi connectivity index (χ2n) is 3.35. The molecule has 0 fully saturated rings. The minimum absolute atomic E-state index is 0.650. The Bertz CT molecular complexity index is 462. The number of benzene rings is 1. The van der Waals surface area contributed by atoms with Crippen LogP contribution in [0, 0.1) is 6.92 Å². The molecule has 0 amide bonds. The van der Waals surface area contributed by atoms with E-state index in [4.69, 9.17) is 5.73 Å². The third-order valence-corrected chi connectivity index (χ3v) is 2.76. The lowest BCUT2D eigenvalue weighted by Crippen LogP contribution is -2.03. The van der Waals surface area contributed by atoms with E-state index in [1.165, 1.54) is 10.9 Å². The number of hydrogen-bond donors (Lipinski definition) is 2. The molecular weight excluding hydrogens is 242 g/mol. The fourth-order valence-corrected chi connectivity index (χ4v) is 2.12. The van der Waals surface area contributed by atoms with Crippen molar-refractivity contribution in [1.29, 1.82) is 0 Å². The van der Waals surface area contributed by atoms with Crippen LogP contribution < -0.4 is 5.73 Å². The molecule has 0 aliphatic rings. The van der Waals surface area contributed by atoms with Crippen molar-refractivity contribution in [3.8, 4) is 0 Å². The Morgan fingerprint density at radius 2 is 2.29 bits per heavy atom. The van der Waals surface area contributed by atoms with Crippen molar-refractivity contribution >= 4 is 26.8 Å². The van der Waals surface area contributed by atoms with Gasteiger partial charge in [0.25, 0.3) is 0 Å². The van der Waals surface area contributed by atoms with E-state index in [1.807, 2.05) is 6.92 Å². The monoisotopic (exact) mass is 253 g/mol. The number of H-pyrrole nitrogens is 1. The van der Waals surface area contributed by atoms with Crippen molar-refractivity contribution in [2.24, 2.45) is 5.73 Å². The molecule has 0 atom stereocenters. The van der Waals surface area contributed by atoms with Crippen molar-refractivity contribution in [2.75, 3.05) is 6.54 Å². The Labute approximate surface area is 90.8 Å². The van der Waals surface area contributed by atoms with Crippen LogP contribution in [0.25, 0.3) is 10.9 Å². The maximum atomic E-state index is 5.56. The van der Waals surface area contributed by atoms with Crippen molar-refractivity contribution in [3.63, 3.8) is 0 Å². The van der Waals surface area contributed by atoms with E-state index in [9.17, 15) is 0 Å². The summed E-state index contributed by atoms with van der Waals surface area (Å²) in [5.41, 5.74) is 8.89. The van der Waals surface area contributed by atoms with Gasteiger partial charge >= 0.3 is 0 Å². The molecule has 3 nitrogen and oxygen atoms in total. The van der Waals surface area contributed by atoms with Crippen LogP contribution in [0.4, 0.5) is 0 Å². The van der Waals surface area contributed by atoms with Crippen molar-refractivity contribution < 1.29 is 0 Å². The molecule has 74 valence electrons. The molecule has 0 aliphatic carbocycles. The molecule has 2 aromatic rings. The van der Waals surface area contributed by atoms with Gasteiger partial charge in [-0.25, -0.2) is 0 Å². The highest BCUT2D eigenvalue weighted by atomic mass is 79.9. The smallest absolute Gasteiger partial charge is 0.0956 e. The Morgan fingerprint density at radius 1 is 1.50 bits per heavy atom. The molecule has 0 spiro atoms. The number of rotatable bonds is 2. The summed E-state index contributed by atoms with van der Waals surface area (Å²) in [5.74, 6) is 0. The van der Waals surface area contributed by atoms with Gasteiger partial charge in [-0.1, -0.05) is 15.9 Å². The largest absolute Gasteiger partial charge is 0.330 e. The molecule has 0 radical (unpaired) electrons. The SMILES string of the molecule is Cc1[nH]nc2c(CCN)cc(Br)cc12. The lowest BCUT2D eigenvalue weighted by atomic mass is 10.1. The lowest BCUT2D eigenvalue weighted by Gasteiger charge is -2.01. The molecule has 1 aromatic heterocycles. The zero-order valence-electron chi connectivity index (χ0n) is 7.97. The van der Waals surface area contributed by atoms with Gasteiger partial charge in [-0.2, -0.15) is 5.10 Å². The van der Waals surface area contributed by atoms with E-state index in [0.717, 1.165) is 22.1 Å². The third-order valence-electron chi connectivity index (χ3n) is 2.31. The number of hydrogen-bond acceptors (Lipinski definition) is 2. The van der Waals surface area contributed by atoms with Crippen LogP contribution in [0.1, 0.15) is 11.3 Å². The Morgan fingerprint density at radius 3 is 3.00 bits per heavy atom. The fourth-order valence-electron chi connectivity index (χ4n) is 1.62. The van der Waals surface area contributed by atoms with Crippen molar-refractivity contribution in [3.05, 3.63) is 27.9 Å². The molecular formula is C10H12BrN3. The predicted octanol–water partition coefficient (Wildman–Crippen LogP) is 2.14. The quantitative estimate of drug-likeness (QED) is 0.862. The van der Waals surface area contributed by atoms with E-state index in [-0.39, 0.29) is 0 Å². The van der Waals surface area contributed by atoms with E-state index in [2.05, 4.69) is 38.3 Å². The first-order valence-corrected chi connectivity index (χ1v) is 5.35. The zero-order chi connectivity index (χ0) is 10.1. The van der Waals surface area contributed by atoms with Crippen LogP contribution in [0.5, 0.6) is 0 Å². The second kappa shape index (κ2) is 3.71. The molecule has 0 saturated heterocycles. The van der Waals surface area contributed by atoms with Crippen LogP contribution in [0.15, 0.2) is 16.6 Å². The molecule has 0 aliphatic heterocycles. The van der Waals surface area contributed by atoms with Crippen LogP contribution in [-0.2, 0) is 6.42 Å². The third kappa shape index (κ3) is 1.55. The maximum absolute atomic E-state index is 5.56. The first kappa shape index (κ1) is 9.68. The molecule has 14 heavy (non-hydrogen) atoms. The van der Waals surface area contributed by atoms with Crippen molar-refractivity contribution in [1.82, 2.24) is 10.2 Å². The molecule has 4 heteroatoms. The predicted molar refractivity (Wildman–Crippen MR) is 61.3 cm³/mol. The lowest BCUT2D eigenvalue weighted by molar-refractivity contribution is 0.967.